The monoisotopic (exact) mass is 277 g/mol. The summed E-state index contributed by atoms with van der Waals surface area (Å²) >= 11 is 0. The first-order valence-corrected chi connectivity index (χ1v) is 8.27. The molecule has 1 fully saturated rings. The molecule has 0 spiro atoms. The first kappa shape index (κ1) is 15.6. The summed E-state index contributed by atoms with van der Waals surface area (Å²) in [4.78, 5) is 0. The van der Waals surface area contributed by atoms with Crippen LogP contribution < -0.4 is 5.32 Å². The normalized spacial score (nSPS) is 16.4. The van der Waals surface area contributed by atoms with Crippen LogP contribution in [0.15, 0.2) is 0 Å². The first-order valence-electron chi connectivity index (χ1n) is 8.27. The average molecular weight is 277 g/mol. The van der Waals surface area contributed by atoms with Crippen molar-refractivity contribution in [3.63, 3.8) is 0 Å². The van der Waals surface area contributed by atoms with Gasteiger partial charge in [0.25, 0.3) is 0 Å². The maximum absolute atomic E-state index is 4.90. The number of rotatable bonds is 6. The highest BCUT2D eigenvalue weighted by atomic mass is 15.3. The fraction of sp³-hybridized carbons (Fsp3) is 0.824. The third-order valence-corrected chi connectivity index (χ3v) is 4.37. The summed E-state index contributed by atoms with van der Waals surface area (Å²) in [6, 6.07) is 0. The first-order chi connectivity index (χ1) is 9.44. The minimum absolute atomic E-state index is 0.159. The Morgan fingerprint density at radius 3 is 2.35 bits per heavy atom. The van der Waals surface area contributed by atoms with Gasteiger partial charge in [-0.15, -0.1) is 0 Å². The van der Waals surface area contributed by atoms with Gasteiger partial charge in [0.2, 0.25) is 0 Å². The van der Waals surface area contributed by atoms with E-state index in [2.05, 4.69) is 44.6 Å². The molecule has 1 aromatic rings. The van der Waals surface area contributed by atoms with Crippen molar-refractivity contribution in [1.29, 1.82) is 0 Å². The van der Waals surface area contributed by atoms with E-state index in [1.807, 2.05) is 0 Å². The predicted molar refractivity (Wildman–Crippen MR) is 84.9 cm³/mol. The van der Waals surface area contributed by atoms with Crippen molar-refractivity contribution in [2.45, 2.75) is 85.4 Å². The van der Waals surface area contributed by atoms with Crippen LogP contribution in [-0.2, 0) is 25.9 Å². The highest BCUT2D eigenvalue weighted by Gasteiger charge is 2.22. The molecular formula is C17H31N3. The van der Waals surface area contributed by atoms with Gasteiger partial charge in [0.1, 0.15) is 0 Å². The van der Waals surface area contributed by atoms with Crippen LogP contribution in [0.4, 0.5) is 0 Å². The predicted octanol–water partition coefficient (Wildman–Crippen LogP) is 3.70. The summed E-state index contributed by atoms with van der Waals surface area (Å²) in [5.41, 5.74) is 4.35. The lowest BCUT2D eigenvalue weighted by molar-refractivity contribution is 0.263. The zero-order valence-corrected chi connectivity index (χ0v) is 13.9. The smallest absolute Gasteiger partial charge is 0.0669 e. The molecule has 3 nitrogen and oxygen atoms in total. The largest absolute Gasteiger partial charge is 0.308 e. The number of aromatic nitrogens is 2. The Balaban J connectivity index is 2.18. The molecular weight excluding hydrogens is 246 g/mol. The van der Waals surface area contributed by atoms with E-state index in [-0.39, 0.29) is 5.54 Å². The fourth-order valence-electron chi connectivity index (χ4n) is 2.90. The van der Waals surface area contributed by atoms with Gasteiger partial charge < -0.3 is 5.32 Å². The van der Waals surface area contributed by atoms with Crippen molar-refractivity contribution >= 4 is 0 Å². The molecule has 1 saturated carbocycles. The molecule has 0 unspecified atom stereocenters. The van der Waals surface area contributed by atoms with E-state index in [4.69, 9.17) is 5.10 Å². The SMILES string of the molecule is CCc1nn(CC2CCC2)c(CC)c1CNC(C)(C)C. The number of nitrogens with zero attached hydrogens (tertiary/aromatic N) is 2. The maximum atomic E-state index is 4.90. The second-order valence-electron chi connectivity index (χ2n) is 7.16. The maximum Gasteiger partial charge on any atom is 0.0669 e. The van der Waals surface area contributed by atoms with E-state index in [9.17, 15) is 0 Å². The van der Waals surface area contributed by atoms with Crippen LogP contribution in [-0.4, -0.2) is 15.3 Å². The second-order valence-corrected chi connectivity index (χ2v) is 7.16. The van der Waals surface area contributed by atoms with Gasteiger partial charge in [-0.3, -0.25) is 4.68 Å². The van der Waals surface area contributed by atoms with Crippen LogP contribution in [0, 0.1) is 5.92 Å². The summed E-state index contributed by atoms with van der Waals surface area (Å²) in [5, 5.41) is 8.53. The van der Waals surface area contributed by atoms with Gasteiger partial charge in [0, 0.05) is 29.9 Å². The van der Waals surface area contributed by atoms with E-state index < -0.39 is 0 Å². The molecule has 2 rings (SSSR count). The van der Waals surface area contributed by atoms with Crippen molar-refractivity contribution in [1.82, 2.24) is 15.1 Å². The zero-order chi connectivity index (χ0) is 14.8. The van der Waals surface area contributed by atoms with Crippen molar-refractivity contribution in [2.75, 3.05) is 0 Å². The van der Waals surface area contributed by atoms with E-state index in [0.29, 0.717) is 0 Å². The molecule has 1 heterocycles. The molecule has 0 saturated heterocycles. The van der Waals surface area contributed by atoms with Gasteiger partial charge in [0.05, 0.1) is 5.69 Å². The number of aryl methyl sites for hydroxylation is 1. The van der Waals surface area contributed by atoms with Crippen molar-refractivity contribution in [2.24, 2.45) is 5.92 Å². The molecule has 0 bridgehead atoms. The molecule has 0 radical (unpaired) electrons. The lowest BCUT2D eigenvalue weighted by Crippen LogP contribution is -2.35. The summed E-state index contributed by atoms with van der Waals surface area (Å²) in [5.74, 6) is 0.869. The molecule has 20 heavy (non-hydrogen) atoms. The Hall–Kier alpha value is -0.830. The molecule has 0 amide bonds. The highest BCUT2D eigenvalue weighted by Crippen LogP contribution is 2.29. The summed E-state index contributed by atoms with van der Waals surface area (Å²) < 4.78 is 2.31. The Labute approximate surface area is 124 Å². The molecule has 0 aromatic carbocycles. The zero-order valence-electron chi connectivity index (χ0n) is 13.9. The molecule has 114 valence electrons. The molecule has 1 N–H and O–H groups in total. The second kappa shape index (κ2) is 6.30. The lowest BCUT2D eigenvalue weighted by atomic mass is 9.85. The van der Waals surface area contributed by atoms with Gasteiger partial charge in [-0.25, -0.2) is 0 Å². The molecule has 0 aliphatic heterocycles. The number of nitrogens with one attached hydrogen (secondary N) is 1. The van der Waals surface area contributed by atoms with E-state index in [1.165, 1.54) is 36.2 Å². The van der Waals surface area contributed by atoms with E-state index in [1.54, 1.807) is 0 Å². The van der Waals surface area contributed by atoms with Gasteiger partial charge in [-0.1, -0.05) is 20.3 Å². The van der Waals surface area contributed by atoms with E-state index >= 15 is 0 Å². The standard InChI is InChI=1S/C17H31N3/c1-6-15-14(11-18-17(3,4)5)16(7-2)20(19-15)12-13-9-8-10-13/h13,18H,6-12H2,1-5H3. The summed E-state index contributed by atoms with van der Waals surface area (Å²) in [6.07, 6.45) is 6.30. The molecule has 0 atom stereocenters. The Bertz CT molecular complexity index is 436. The van der Waals surface area contributed by atoms with Crippen LogP contribution in [0.1, 0.15) is 70.8 Å². The van der Waals surface area contributed by atoms with Crippen molar-refractivity contribution < 1.29 is 0 Å². The molecule has 1 aliphatic carbocycles. The quantitative estimate of drug-likeness (QED) is 0.859. The Morgan fingerprint density at radius 2 is 1.90 bits per heavy atom. The molecule has 3 heteroatoms. The number of hydrogen-bond acceptors (Lipinski definition) is 2. The summed E-state index contributed by atoms with van der Waals surface area (Å²) in [6.45, 7) is 13.2. The van der Waals surface area contributed by atoms with Crippen LogP contribution in [0.2, 0.25) is 0 Å². The van der Waals surface area contributed by atoms with Gasteiger partial charge in [0.15, 0.2) is 0 Å². The molecule has 1 aromatic heterocycles. The molecule has 1 aliphatic rings. The van der Waals surface area contributed by atoms with Gasteiger partial charge in [-0.2, -0.15) is 5.10 Å². The number of hydrogen-bond donors (Lipinski definition) is 1. The Kier molecular flexibility index (Phi) is 4.90. The third-order valence-electron chi connectivity index (χ3n) is 4.37. The minimum Gasteiger partial charge on any atom is -0.308 e. The fourth-order valence-corrected chi connectivity index (χ4v) is 2.90. The van der Waals surface area contributed by atoms with Gasteiger partial charge in [-0.05, 0) is 52.4 Å². The summed E-state index contributed by atoms with van der Waals surface area (Å²) in [7, 11) is 0. The Morgan fingerprint density at radius 1 is 1.20 bits per heavy atom. The highest BCUT2D eigenvalue weighted by molar-refractivity contribution is 5.27. The van der Waals surface area contributed by atoms with Crippen molar-refractivity contribution in [3.05, 3.63) is 17.0 Å². The lowest BCUT2D eigenvalue weighted by Gasteiger charge is -2.26. The van der Waals surface area contributed by atoms with Crippen LogP contribution in [0.25, 0.3) is 0 Å². The van der Waals surface area contributed by atoms with Crippen LogP contribution in [0.3, 0.4) is 0 Å². The van der Waals surface area contributed by atoms with Crippen LogP contribution in [0.5, 0.6) is 0 Å². The van der Waals surface area contributed by atoms with Crippen molar-refractivity contribution in [3.8, 4) is 0 Å². The topological polar surface area (TPSA) is 29.9 Å². The van der Waals surface area contributed by atoms with E-state index in [0.717, 1.165) is 31.8 Å². The van der Waals surface area contributed by atoms with Crippen LogP contribution >= 0.6 is 0 Å². The average Bonchev–Trinajstić information content (AvgIpc) is 2.67. The van der Waals surface area contributed by atoms with Gasteiger partial charge >= 0.3 is 0 Å². The minimum atomic E-state index is 0.159. The third kappa shape index (κ3) is 3.63.